The number of benzene rings is 2. The lowest BCUT2D eigenvalue weighted by Gasteiger charge is -2.03. The topological polar surface area (TPSA) is 17.1 Å². The Morgan fingerprint density at radius 2 is 1.72 bits per heavy atom. The monoisotopic (exact) mass is 350 g/mol. The molecule has 1 nitrogen and oxygen atoms in total. The first-order chi connectivity index (χ1) is 8.69. The van der Waals surface area contributed by atoms with E-state index in [4.69, 9.17) is 0 Å². The standard InChI is InChI=1S/C16H15IO/c1-2-12-6-8-13(9-7-12)10-16(18)14-4-3-5-15(17)11-14/h3-9,11H,2,10H2,1H3. The van der Waals surface area contributed by atoms with Crippen LogP contribution in [0.3, 0.4) is 0 Å². The lowest BCUT2D eigenvalue weighted by atomic mass is 10.0. The van der Waals surface area contributed by atoms with E-state index >= 15 is 0 Å². The minimum atomic E-state index is 0.178. The van der Waals surface area contributed by atoms with Crippen LogP contribution in [0, 0.1) is 3.57 Å². The number of ketones is 1. The van der Waals surface area contributed by atoms with Crippen molar-refractivity contribution in [2.75, 3.05) is 0 Å². The summed E-state index contributed by atoms with van der Waals surface area (Å²) in [6.45, 7) is 2.13. The molecule has 0 saturated carbocycles. The summed E-state index contributed by atoms with van der Waals surface area (Å²) >= 11 is 2.23. The van der Waals surface area contributed by atoms with Crippen LogP contribution in [-0.2, 0) is 12.8 Å². The fourth-order valence-corrected chi connectivity index (χ4v) is 2.39. The molecule has 2 aromatic carbocycles. The zero-order chi connectivity index (χ0) is 13.0. The summed E-state index contributed by atoms with van der Waals surface area (Å²) < 4.78 is 1.10. The van der Waals surface area contributed by atoms with Crippen LogP contribution in [0.5, 0.6) is 0 Å². The summed E-state index contributed by atoms with van der Waals surface area (Å²) in [4.78, 5) is 12.1. The molecule has 0 aliphatic rings. The summed E-state index contributed by atoms with van der Waals surface area (Å²) in [5.74, 6) is 0.178. The van der Waals surface area contributed by atoms with Crippen LogP contribution >= 0.6 is 22.6 Å². The number of hydrogen-bond acceptors (Lipinski definition) is 1. The SMILES string of the molecule is CCc1ccc(CC(=O)c2cccc(I)c2)cc1. The molecule has 0 aliphatic carbocycles. The highest BCUT2D eigenvalue weighted by molar-refractivity contribution is 14.1. The molecule has 0 amide bonds. The quantitative estimate of drug-likeness (QED) is 0.594. The van der Waals surface area contributed by atoms with E-state index in [0.717, 1.165) is 21.1 Å². The Hall–Kier alpha value is -1.16. The summed E-state index contributed by atoms with van der Waals surface area (Å²) in [6.07, 6.45) is 1.51. The van der Waals surface area contributed by atoms with Crippen LogP contribution in [0.1, 0.15) is 28.4 Å². The highest BCUT2D eigenvalue weighted by Gasteiger charge is 2.07. The fraction of sp³-hybridized carbons (Fsp3) is 0.188. The van der Waals surface area contributed by atoms with Crippen LogP contribution in [-0.4, -0.2) is 5.78 Å². The van der Waals surface area contributed by atoms with Gasteiger partial charge in [0, 0.05) is 15.6 Å². The maximum atomic E-state index is 12.1. The molecule has 0 heterocycles. The van der Waals surface area contributed by atoms with Gasteiger partial charge in [-0.25, -0.2) is 0 Å². The van der Waals surface area contributed by atoms with E-state index in [1.54, 1.807) is 0 Å². The molecule has 2 rings (SSSR count). The molecule has 2 heteroatoms. The Morgan fingerprint density at radius 3 is 2.33 bits per heavy atom. The second-order valence-corrected chi connectivity index (χ2v) is 5.53. The van der Waals surface area contributed by atoms with Gasteiger partial charge in [-0.3, -0.25) is 4.79 Å². The van der Waals surface area contributed by atoms with Crippen LogP contribution in [0.15, 0.2) is 48.5 Å². The minimum Gasteiger partial charge on any atom is -0.294 e. The molecule has 0 N–H and O–H groups in total. The zero-order valence-electron chi connectivity index (χ0n) is 10.3. The number of rotatable bonds is 4. The average Bonchev–Trinajstić information content (AvgIpc) is 2.39. The summed E-state index contributed by atoms with van der Waals surface area (Å²) in [7, 11) is 0. The van der Waals surface area contributed by atoms with Crippen molar-refractivity contribution >= 4 is 28.4 Å². The van der Waals surface area contributed by atoms with Crippen molar-refractivity contribution in [3.63, 3.8) is 0 Å². The van der Waals surface area contributed by atoms with E-state index in [9.17, 15) is 4.79 Å². The Kier molecular flexibility index (Phi) is 4.53. The largest absolute Gasteiger partial charge is 0.294 e. The van der Waals surface area contributed by atoms with E-state index < -0.39 is 0 Å². The van der Waals surface area contributed by atoms with Gasteiger partial charge in [0.15, 0.2) is 5.78 Å². The van der Waals surface area contributed by atoms with Crippen LogP contribution in [0.25, 0.3) is 0 Å². The highest BCUT2D eigenvalue weighted by Crippen LogP contribution is 2.12. The molecule has 2 aromatic rings. The highest BCUT2D eigenvalue weighted by atomic mass is 127. The summed E-state index contributed by atoms with van der Waals surface area (Å²) in [5, 5.41) is 0. The zero-order valence-corrected chi connectivity index (χ0v) is 12.5. The average molecular weight is 350 g/mol. The van der Waals surface area contributed by atoms with Crippen molar-refractivity contribution in [1.29, 1.82) is 0 Å². The third-order valence-electron chi connectivity index (χ3n) is 2.94. The number of carbonyl (C=O) groups is 1. The van der Waals surface area contributed by atoms with Crippen molar-refractivity contribution in [3.05, 3.63) is 68.8 Å². The Labute approximate surface area is 121 Å². The first-order valence-electron chi connectivity index (χ1n) is 6.05. The lowest BCUT2D eigenvalue weighted by molar-refractivity contribution is 0.0993. The van der Waals surface area contributed by atoms with E-state index in [2.05, 4.69) is 41.6 Å². The number of Topliss-reactive ketones (excluding diaryl/α,β-unsaturated/α-hetero) is 1. The molecule has 0 radical (unpaired) electrons. The van der Waals surface area contributed by atoms with Crippen molar-refractivity contribution in [3.8, 4) is 0 Å². The van der Waals surface area contributed by atoms with Gasteiger partial charge in [0.2, 0.25) is 0 Å². The van der Waals surface area contributed by atoms with Gasteiger partial charge < -0.3 is 0 Å². The number of carbonyl (C=O) groups excluding carboxylic acids is 1. The van der Waals surface area contributed by atoms with Gasteiger partial charge in [0.05, 0.1) is 0 Å². The maximum Gasteiger partial charge on any atom is 0.167 e. The molecule has 0 unspecified atom stereocenters. The van der Waals surface area contributed by atoms with Crippen molar-refractivity contribution in [1.82, 2.24) is 0 Å². The number of halogens is 1. The van der Waals surface area contributed by atoms with E-state index in [0.29, 0.717) is 6.42 Å². The molecule has 0 atom stereocenters. The number of hydrogen-bond donors (Lipinski definition) is 0. The fourth-order valence-electron chi connectivity index (χ4n) is 1.84. The Morgan fingerprint density at radius 1 is 1.06 bits per heavy atom. The third kappa shape index (κ3) is 3.42. The van der Waals surface area contributed by atoms with Crippen LogP contribution < -0.4 is 0 Å². The molecule has 0 fully saturated rings. The molecule has 0 aliphatic heterocycles. The Bertz CT molecular complexity index is 543. The summed E-state index contributed by atoms with van der Waals surface area (Å²) in [5.41, 5.74) is 3.18. The predicted octanol–water partition coefficient (Wildman–Crippen LogP) is 4.28. The smallest absolute Gasteiger partial charge is 0.167 e. The van der Waals surface area contributed by atoms with Gasteiger partial charge in [-0.1, -0.05) is 43.3 Å². The molecular formula is C16H15IO. The first kappa shape index (κ1) is 13.3. The van der Waals surface area contributed by atoms with Gasteiger partial charge in [-0.15, -0.1) is 0 Å². The van der Waals surface area contributed by atoms with Crippen molar-refractivity contribution in [2.45, 2.75) is 19.8 Å². The van der Waals surface area contributed by atoms with Crippen molar-refractivity contribution < 1.29 is 4.79 Å². The normalized spacial score (nSPS) is 10.3. The van der Waals surface area contributed by atoms with Crippen molar-refractivity contribution in [2.24, 2.45) is 0 Å². The maximum absolute atomic E-state index is 12.1. The van der Waals surface area contributed by atoms with Gasteiger partial charge in [0.1, 0.15) is 0 Å². The van der Waals surface area contributed by atoms with Gasteiger partial charge in [-0.2, -0.15) is 0 Å². The summed E-state index contributed by atoms with van der Waals surface area (Å²) in [6, 6.07) is 16.0. The Balaban J connectivity index is 2.11. The lowest BCUT2D eigenvalue weighted by Crippen LogP contribution is -2.03. The van der Waals surface area contributed by atoms with Gasteiger partial charge in [0.25, 0.3) is 0 Å². The molecule has 18 heavy (non-hydrogen) atoms. The third-order valence-corrected chi connectivity index (χ3v) is 3.61. The molecular weight excluding hydrogens is 335 g/mol. The minimum absolute atomic E-state index is 0.178. The van der Waals surface area contributed by atoms with E-state index in [1.807, 2.05) is 36.4 Å². The van der Waals surface area contributed by atoms with Crippen LogP contribution in [0.4, 0.5) is 0 Å². The van der Waals surface area contributed by atoms with E-state index in [-0.39, 0.29) is 5.78 Å². The first-order valence-corrected chi connectivity index (χ1v) is 7.13. The molecule has 92 valence electrons. The predicted molar refractivity (Wildman–Crippen MR) is 83.0 cm³/mol. The molecule has 0 spiro atoms. The second kappa shape index (κ2) is 6.14. The second-order valence-electron chi connectivity index (χ2n) is 4.28. The molecule has 0 aromatic heterocycles. The van der Waals surface area contributed by atoms with Gasteiger partial charge >= 0.3 is 0 Å². The van der Waals surface area contributed by atoms with E-state index in [1.165, 1.54) is 5.56 Å². The molecule has 0 saturated heterocycles. The van der Waals surface area contributed by atoms with Gasteiger partial charge in [-0.05, 0) is 52.3 Å². The molecule has 0 bridgehead atoms. The van der Waals surface area contributed by atoms with Crippen LogP contribution in [0.2, 0.25) is 0 Å². The number of aryl methyl sites for hydroxylation is 1.